The Morgan fingerprint density at radius 2 is 1.69 bits per heavy atom. The molecule has 0 unspecified atom stereocenters. The Morgan fingerprint density at radius 1 is 0.966 bits per heavy atom. The fourth-order valence-corrected chi connectivity index (χ4v) is 5.15. The standard InChI is InChI=1S/C20H22Br2N6O/c21-11-7-12(22)9-14(8-11)24-18-17-19(28(10-23-17)15-3-4-15)27-20(26-18)25-13-1-5-16(29)6-2-13/h7-10,13,15-16,29H,1-6H2,(H2,24,25,26,27). The number of anilines is 3. The largest absolute Gasteiger partial charge is 0.393 e. The van der Waals surface area contributed by atoms with Crippen LogP contribution in [0.4, 0.5) is 17.5 Å². The minimum Gasteiger partial charge on any atom is -0.393 e. The first kappa shape index (κ1) is 19.3. The molecule has 0 atom stereocenters. The fourth-order valence-electron chi connectivity index (χ4n) is 3.85. The molecule has 1 aromatic carbocycles. The van der Waals surface area contributed by atoms with Gasteiger partial charge in [0.05, 0.1) is 12.4 Å². The van der Waals surface area contributed by atoms with Crippen LogP contribution in [0.15, 0.2) is 33.5 Å². The van der Waals surface area contributed by atoms with E-state index in [1.807, 2.05) is 24.5 Å². The molecule has 29 heavy (non-hydrogen) atoms. The van der Waals surface area contributed by atoms with E-state index in [1.165, 1.54) is 12.8 Å². The van der Waals surface area contributed by atoms with E-state index in [4.69, 9.17) is 9.97 Å². The molecule has 2 aromatic heterocycles. The second-order valence-corrected chi connectivity index (χ2v) is 9.72. The first-order valence-corrected chi connectivity index (χ1v) is 11.6. The normalized spacial score (nSPS) is 22.0. The Kier molecular flexibility index (Phi) is 5.21. The third kappa shape index (κ3) is 4.27. The summed E-state index contributed by atoms with van der Waals surface area (Å²) in [4.78, 5) is 14.2. The third-order valence-corrected chi connectivity index (χ3v) is 6.43. The molecule has 3 N–H and O–H groups in total. The molecule has 2 saturated carbocycles. The summed E-state index contributed by atoms with van der Waals surface area (Å²) >= 11 is 7.07. The van der Waals surface area contributed by atoms with Crippen LogP contribution in [0.2, 0.25) is 0 Å². The molecule has 2 aliphatic rings. The number of hydrogen-bond donors (Lipinski definition) is 3. The van der Waals surface area contributed by atoms with E-state index >= 15 is 0 Å². The maximum atomic E-state index is 9.78. The van der Waals surface area contributed by atoms with E-state index in [0.29, 0.717) is 17.8 Å². The van der Waals surface area contributed by atoms with E-state index in [2.05, 4.69) is 52.0 Å². The van der Waals surface area contributed by atoms with E-state index < -0.39 is 0 Å². The van der Waals surface area contributed by atoms with E-state index in [-0.39, 0.29) is 12.1 Å². The van der Waals surface area contributed by atoms with Crippen LogP contribution in [-0.2, 0) is 0 Å². The number of nitrogens with one attached hydrogen (secondary N) is 2. The summed E-state index contributed by atoms with van der Waals surface area (Å²) in [5.41, 5.74) is 2.55. The van der Waals surface area contributed by atoms with Crippen LogP contribution in [0.5, 0.6) is 0 Å². The minimum absolute atomic E-state index is 0.181. The van der Waals surface area contributed by atoms with Gasteiger partial charge in [0.2, 0.25) is 5.95 Å². The summed E-state index contributed by atoms with van der Waals surface area (Å²) in [5, 5.41) is 16.7. The molecule has 0 aliphatic heterocycles. The Balaban J connectivity index is 1.50. The quantitative estimate of drug-likeness (QED) is 0.430. The zero-order valence-corrected chi connectivity index (χ0v) is 18.9. The molecule has 2 heterocycles. The molecule has 0 radical (unpaired) electrons. The average Bonchev–Trinajstić information content (AvgIpc) is 3.42. The lowest BCUT2D eigenvalue weighted by molar-refractivity contribution is 0.126. The Hall–Kier alpha value is -1.71. The molecule has 3 aromatic rings. The van der Waals surface area contributed by atoms with Crippen molar-refractivity contribution in [2.45, 2.75) is 56.7 Å². The predicted molar refractivity (Wildman–Crippen MR) is 121 cm³/mol. The summed E-state index contributed by atoms with van der Waals surface area (Å²) in [7, 11) is 0. The molecular weight excluding hydrogens is 500 g/mol. The summed E-state index contributed by atoms with van der Waals surface area (Å²) in [6.45, 7) is 0. The van der Waals surface area contributed by atoms with Gasteiger partial charge < -0.3 is 20.3 Å². The first-order valence-electron chi connectivity index (χ1n) is 9.97. The van der Waals surface area contributed by atoms with Crippen molar-refractivity contribution >= 4 is 60.5 Å². The average molecular weight is 522 g/mol. The highest BCUT2D eigenvalue weighted by molar-refractivity contribution is 9.11. The molecule has 2 aliphatic carbocycles. The highest BCUT2D eigenvalue weighted by Gasteiger charge is 2.27. The highest BCUT2D eigenvalue weighted by atomic mass is 79.9. The van der Waals surface area contributed by atoms with Gasteiger partial charge in [0.1, 0.15) is 0 Å². The van der Waals surface area contributed by atoms with Crippen LogP contribution < -0.4 is 10.6 Å². The summed E-state index contributed by atoms with van der Waals surface area (Å²) < 4.78 is 4.11. The van der Waals surface area contributed by atoms with Gasteiger partial charge in [0.15, 0.2) is 17.0 Å². The van der Waals surface area contributed by atoms with Crippen LogP contribution in [0, 0.1) is 0 Å². The molecule has 0 bridgehead atoms. The number of imidazole rings is 1. The van der Waals surface area contributed by atoms with E-state index in [9.17, 15) is 5.11 Å². The van der Waals surface area contributed by atoms with Gasteiger partial charge in [-0.25, -0.2) is 4.98 Å². The van der Waals surface area contributed by atoms with Gasteiger partial charge in [-0.05, 0) is 56.7 Å². The van der Waals surface area contributed by atoms with Crippen LogP contribution in [-0.4, -0.2) is 36.8 Å². The maximum absolute atomic E-state index is 9.78. The minimum atomic E-state index is -0.181. The van der Waals surface area contributed by atoms with Crippen molar-refractivity contribution in [2.75, 3.05) is 10.6 Å². The number of aliphatic hydroxyl groups excluding tert-OH is 1. The van der Waals surface area contributed by atoms with Gasteiger partial charge in [-0.1, -0.05) is 31.9 Å². The third-order valence-electron chi connectivity index (χ3n) is 5.52. The van der Waals surface area contributed by atoms with Crippen LogP contribution in [0.1, 0.15) is 44.6 Å². The van der Waals surface area contributed by atoms with Crippen molar-refractivity contribution in [1.29, 1.82) is 0 Å². The van der Waals surface area contributed by atoms with E-state index in [1.54, 1.807) is 0 Å². The lowest BCUT2D eigenvalue weighted by Crippen LogP contribution is -2.29. The molecular formula is C20H22Br2N6O. The number of nitrogens with zero attached hydrogens (tertiary/aromatic N) is 4. The molecule has 2 fully saturated rings. The van der Waals surface area contributed by atoms with Crippen molar-refractivity contribution in [3.63, 3.8) is 0 Å². The number of fused-ring (bicyclic) bond motifs is 1. The topological polar surface area (TPSA) is 87.9 Å². The fraction of sp³-hybridized carbons (Fsp3) is 0.450. The molecule has 152 valence electrons. The van der Waals surface area contributed by atoms with Crippen molar-refractivity contribution in [2.24, 2.45) is 0 Å². The first-order chi connectivity index (χ1) is 14.0. The lowest BCUT2D eigenvalue weighted by Gasteiger charge is -2.26. The zero-order chi connectivity index (χ0) is 20.0. The van der Waals surface area contributed by atoms with Crippen molar-refractivity contribution in [3.05, 3.63) is 33.5 Å². The molecule has 0 amide bonds. The van der Waals surface area contributed by atoms with Crippen LogP contribution >= 0.6 is 31.9 Å². The molecule has 0 saturated heterocycles. The summed E-state index contributed by atoms with van der Waals surface area (Å²) in [6.07, 6.45) is 7.51. The number of aromatic nitrogens is 4. The maximum Gasteiger partial charge on any atom is 0.227 e. The van der Waals surface area contributed by atoms with Crippen LogP contribution in [0.3, 0.4) is 0 Å². The second kappa shape index (κ2) is 7.85. The number of hydrogen-bond acceptors (Lipinski definition) is 6. The van der Waals surface area contributed by atoms with Crippen molar-refractivity contribution in [3.8, 4) is 0 Å². The number of benzene rings is 1. The van der Waals surface area contributed by atoms with Gasteiger partial charge >= 0.3 is 0 Å². The van der Waals surface area contributed by atoms with Gasteiger partial charge in [0.25, 0.3) is 0 Å². The summed E-state index contributed by atoms with van der Waals surface area (Å²) in [5.74, 6) is 1.30. The summed E-state index contributed by atoms with van der Waals surface area (Å²) in [6, 6.07) is 6.77. The highest BCUT2D eigenvalue weighted by Crippen LogP contribution is 2.38. The van der Waals surface area contributed by atoms with Gasteiger partial charge in [-0.3, -0.25) is 0 Å². The van der Waals surface area contributed by atoms with Gasteiger partial charge in [-0.15, -0.1) is 0 Å². The van der Waals surface area contributed by atoms with Gasteiger partial charge in [0, 0.05) is 26.7 Å². The SMILES string of the molecule is OC1CCC(Nc2nc(Nc3cc(Br)cc(Br)c3)c3ncn(C4CC4)c3n2)CC1. The predicted octanol–water partition coefficient (Wildman–Crippen LogP) is 5.15. The number of aliphatic hydroxyl groups is 1. The Morgan fingerprint density at radius 3 is 2.38 bits per heavy atom. The van der Waals surface area contributed by atoms with Gasteiger partial charge in [-0.2, -0.15) is 9.97 Å². The zero-order valence-electron chi connectivity index (χ0n) is 15.8. The molecule has 5 rings (SSSR count). The van der Waals surface area contributed by atoms with E-state index in [0.717, 1.165) is 51.5 Å². The second-order valence-electron chi connectivity index (χ2n) is 7.88. The molecule has 0 spiro atoms. The Bertz CT molecular complexity index is 1020. The molecule has 9 heteroatoms. The van der Waals surface area contributed by atoms with Crippen LogP contribution in [0.25, 0.3) is 11.2 Å². The lowest BCUT2D eigenvalue weighted by atomic mass is 9.93. The van der Waals surface area contributed by atoms with Crippen molar-refractivity contribution in [1.82, 2.24) is 19.5 Å². The Labute approximate surface area is 185 Å². The monoisotopic (exact) mass is 520 g/mol. The number of halogens is 2. The molecule has 7 nitrogen and oxygen atoms in total. The smallest absolute Gasteiger partial charge is 0.227 e. The number of rotatable bonds is 5. The van der Waals surface area contributed by atoms with Crippen molar-refractivity contribution < 1.29 is 5.11 Å².